The second kappa shape index (κ2) is 16.8. The number of halogens is 3. The van der Waals surface area contributed by atoms with Crippen LogP contribution < -0.4 is 14.4 Å². The van der Waals surface area contributed by atoms with Crippen LogP contribution in [0.2, 0.25) is 15.1 Å². The van der Waals surface area contributed by atoms with Gasteiger partial charge in [-0.2, -0.15) is 0 Å². The van der Waals surface area contributed by atoms with Crippen molar-refractivity contribution >= 4 is 62.3 Å². The quantitative estimate of drug-likeness (QED) is 0.150. The normalized spacial score (nSPS) is 14.1. The number of anilines is 1. The van der Waals surface area contributed by atoms with Crippen molar-refractivity contribution in [2.45, 2.75) is 62.0 Å². The first-order valence-electron chi connectivity index (χ1n) is 16.1. The topological polar surface area (TPSA) is 96.0 Å². The summed E-state index contributed by atoms with van der Waals surface area (Å²) in [6.45, 7) is -0.656. The Balaban J connectivity index is 1.59. The summed E-state index contributed by atoms with van der Waals surface area (Å²) in [5, 5.41) is 4.00. The Morgan fingerprint density at radius 1 is 0.816 bits per heavy atom. The molecule has 2 amide bonds. The fourth-order valence-electron chi connectivity index (χ4n) is 5.99. The molecule has 49 heavy (non-hydrogen) atoms. The summed E-state index contributed by atoms with van der Waals surface area (Å²) in [7, 11) is -2.83. The van der Waals surface area contributed by atoms with Crippen LogP contribution in [-0.4, -0.2) is 50.9 Å². The van der Waals surface area contributed by atoms with Crippen molar-refractivity contribution in [2.24, 2.45) is 0 Å². The summed E-state index contributed by atoms with van der Waals surface area (Å²) in [5.74, 6) is -0.566. The predicted molar refractivity (Wildman–Crippen MR) is 195 cm³/mol. The molecule has 0 saturated heterocycles. The molecular weight excluding hydrogens is 705 g/mol. The van der Waals surface area contributed by atoms with E-state index in [1.54, 1.807) is 42.5 Å². The van der Waals surface area contributed by atoms with E-state index in [0.717, 1.165) is 42.0 Å². The van der Waals surface area contributed by atoms with Gasteiger partial charge in [0.2, 0.25) is 11.8 Å². The molecule has 1 unspecified atom stereocenters. The molecule has 0 heterocycles. The van der Waals surface area contributed by atoms with Gasteiger partial charge in [0.15, 0.2) is 0 Å². The van der Waals surface area contributed by atoms with E-state index in [9.17, 15) is 18.0 Å². The molecule has 0 aromatic heterocycles. The maximum absolute atomic E-state index is 14.7. The molecule has 1 N–H and O–H groups in total. The van der Waals surface area contributed by atoms with Gasteiger partial charge in [-0.1, -0.05) is 109 Å². The molecule has 4 aromatic carbocycles. The highest BCUT2D eigenvalue weighted by molar-refractivity contribution is 7.92. The minimum absolute atomic E-state index is 0.0124. The Morgan fingerprint density at radius 2 is 1.49 bits per heavy atom. The van der Waals surface area contributed by atoms with Crippen molar-refractivity contribution in [3.05, 3.63) is 123 Å². The maximum Gasteiger partial charge on any atom is 0.264 e. The van der Waals surface area contributed by atoms with E-state index in [2.05, 4.69) is 5.32 Å². The van der Waals surface area contributed by atoms with Crippen molar-refractivity contribution < 1.29 is 22.7 Å². The molecule has 1 fully saturated rings. The predicted octanol–water partition coefficient (Wildman–Crippen LogP) is 7.94. The monoisotopic (exact) mass is 741 g/mol. The number of nitrogens with zero attached hydrogens (tertiary/aromatic N) is 2. The Morgan fingerprint density at radius 3 is 2.12 bits per heavy atom. The second-order valence-electron chi connectivity index (χ2n) is 12.0. The summed E-state index contributed by atoms with van der Waals surface area (Å²) in [6, 6.07) is 25.8. The molecule has 1 atom stereocenters. The summed E-state index contributed by atoms with van der Waals surface area (Å²) in [5.41, 5.74) is 1.62. The Bertz CT molecular complexity index is 1860. The zero-order valence-electron chi connectivity index (χ0n) is 27.0. The Hall–Kier alpha value is -3.76. The summed E-state index contributed by atoms with van der Waals surface area (Å²) < 4.78 is 34.7. The molecule has 12 heteroatoms. The van der Waals surface area contributed by atoms with Crippen LogP contribution in [0.15, 0.2) is 102 Å². The lowest BCUT2D eigenvalue weighted by atomic mass is 9.94. The zero-order valence-corrected chi connectivity index (χ0v) is 30.1. The summed E-state index contributed by atoms with van der Waals surface area (Å²) in [4.78, 5) is 30.4. The fourth-order valence-corrected chi connectivity index (χ4v) is 7.99. The smallest absolute Gasteiger partial charge is 0.264 e. The van der Waals surface area contributed by atoms with Gasteiger partial charge in [0.1, 0.15) is 18.3 Å². The number of carbonyl (C=O) groups excluding carboxylic acids is 2. The number of ether oxygens (including phenoxy) is 1. The maximum atomic E-state index is 14.7. The highest BCUT2D eigenvalue weighted by Crippen LogP contribution is 2.33. The van der Waals surface area contributed by atoms with E-state index in [1.807, 2.05) is 30.3 Å². The van der Waals surface area contributed by atoms with Gasteiger partial charge in [0, 0.05) is 19.0 Å². The highest BCUT2D eigenvalue weighted by atomic mass is 35.5. The average Bonchev–Trinajstić information content (AvgIpc) is 3.11. The zero-order chi connectivity index (χ0) is 35.0. The van der Waals surface area contributed by atoms with Crippen LogP contribution in [0.5, 0.6) is 5.75 Å². The molecule has 5 rings (SSSR count). The third-order valence-corrected chi connectivity index (χ3v) is 11.4. The van der Waals surface area contributed by atoms with Gasteiger partial charge in [-0.25, -0.2) is 8.42 Å². The Labute approximate surface area is 303 Å². The number of sulfonamides is 1. The minimum Gasteiger partial charge on any atom is -0.495 e. The SMILES string of the molecule is COc1ccc(N(CC(=O)N(Cc2ccc(Cl)c(Cl)c2)C(Cc2ccccc2)C(=O)NC2CCCCC2)S(=O)(=O)c2ccccc2)cc1Cl. The van der Waals surface area contributed by atoms with Gasteiger partial charge < -0.3 is 15.0 Å². The molecule has 4 aromatic rings. The Kier molecular flexibility index (Phi) is 12.5. The van der Waals surface area contributed by atoms with Gasteiger partial charge >= 0.3 is 0 Å². The van der Waals surface area contributed by atoms with E-state index >= 15 is 0 Å². The molecule has 8 nitrogen and oxygen atoms in total. The van der Waals surface area contributed by atoms with Crippen LogP contribution in [0, 0.1) is 0 Å². The lowest BCUT2D eigenvalue weighted by Gasteiger charge is -2.35. The van der Waals surface area contributed by atoms with Crippen molar-refractivity contribution in [3.63, 3.8) is 0 Å². The molecule has 1 aliphatic rings. The third-order valence-electron chi connectivity index (χ3n) is 8.59. The number of carbonyl (C=O) groups is 2. The number of hydrogen-bond acceptors (Lipinski definition) is 5. The number of methoxy groups -OCH3 is 1. The van der Waals surface area contributed by atoms with E-state index in [-0.39, 0.29) is 40.5 Å². The van der Waals surface area contributed by atoms with E-state index < -0.39 is 28.5 Å². The summed E-state index contributed by atoms with van der Waals surface area (Å²) >= 11 is 19.1. The molecule has 0 aliphatic heterocycles. The van der Waals surface area contributed by atoms with Crippen LogP contribution in [0.3, 0.4) is 0 Å². The first kappa shape index (κ1) is 36.5. The highest BCUT2D eigenvalue weighted by Gasteiger charge is 2.35. The minimum atomic E-state index is -4.28. The number of rotatable bonds is 13. The molecular formula is C37H38Cl3N3O5S. The summed E-state index contributed by atoms with van der Waals surface area (Å²) in [6.07, 6.45) is 5.04. The van der Waals surface area contributed by atoms with Gasteiger partial charge in [-0.15, -0.1) is 0 Å². The van der Waals surface area contributed by atoms with Crippen molar-refractivity contribution in [2.75, 3.05) is 18.0 Å². The van der Waals surface area contributed by atoms with Gasteiger partial charge in [0.25, 0.3) is 10.0 Å². The molecule has 0 bridgehead atoms. The van der Waals surface area contributed by atoms with E-state index in [4.69, 9.17) is 39.5 Å². The van der Waals surface area contributed by atoms with Crippen LogP contribution in [0.25, 0.3) is 0 Å². The second-order valence-corrected chi connectivity index (χ2v) is 15.0. The van der Waals surface area contributed by atoms with Crippen molar-refractivity contribution in [1.29, 1.82) is 0 Å². The lowest BCUT2D eigenvalue weighted by molar-refractivity contribution is -0.140. The third kappa shape index (κ3) is 9.28. The number of amides is 2. The number of benzene rings is 4. The van der Waals surface area contributed by atoms with Crippen LogP contribution in [-0.2, 0) is 32.6 Å². The number of nitrogens with one attached hydrogen (secondary N) is 1. The molecule has 1 aliphatic carbocycles. The van der Waals surface area contributed by atoms with E-state index in [0.29, 0.717) is 21.4 Å². The lowest BCUT2D eigenvalue weighted by Crippen LogP contribution is -2.55. The largest absolute Gasteiger partial charge is 0.495 e. The van der Waals surface area contributed by atoms with Gasteiger partial charge in [-0.3, -0.25) is 13.9 Å². The first-order chi connectivity index (χ1) is 23.6. The van der Waals surface area contributed by atoms with Crippen LogP contribution in [0.4, 0.5) is 5.69 Å². The molecule has 258 valence electrons. The standard InChI is InChI=1S/C37H38Cl3N3O5S/c1-48-35-20-18-29(23-33(35)40)43(49(46,47)30-15-9-4-10-16-30)25-36(44)42(24-27-17-19-31(38)32(39)21-27)34(22-26-11-5-2-6-12-26)37(45)41-28-13-7-3-8-14-28/h2,4-6,9-12,15-21,23,28,34H,3,7-8,13-14,22,24-25H2,1H3,(H,41,45). The fraction of sp³-hybridized carbons (Fsp3) is 0.297. The van der Waals surface area contributed by atoms with Crippen molar-refractivity contribution in [1.82, 2.24) is 10.2 Å². The molecule has 0 spiro atoms. The first-order valence-corrected chi connectivity index (χ1v) is 18.6. The molecule has 1 saturated carbocycles. The van der Waals surface area contributed by atoms with Crippen LogP contribution in [0.1, 0.15) is 43.2 Å². The number of hydrogen-bond donors (Lipinski definition) is 1. The average molecular weight is 743 g/mol. The van der Waals surface area contributed by atoms with E-state index in [1.165, 1.54) is 36.3 Å². The molecule has 0 radical (unpaired) electrons. The van der Waals surface area contributed by atoms with Gasteiger partial charge in [0.05, 0.1) is 32.8 Å². The van der Waals surface area contributed by atoms with Gasteiger partial charge in [-0.05, 0) is 66.4 Å². The van der Waals surface area contributed by atoms with Crippen molar-refractivity contribution in [3.8, 4) is 5.75 Å². The van der Waals surface area contributed by atoms with Crippen LogP contribution >= 0.6 is 34.8 Å².